The van der Waals surface area contributed by atoms with Crippen LogP contribution in [-0.2, 0) is 9.59 Å². The van der Waals surface area contributed by atoms with Crippen LogP contribution in [0.2, 0.25) is 0 Å². The van der Waals surface area contributed by atoms with Gasteiger partial charge in [0.15, 0.2) is 6.61 Å². The number of aliphatic hydroxyl groups is 1. The maximum Gasteiger partial charge on any atom is 0.326 e. The molecule has 0 heterocycles. The lowest BCUT2D eigenvalue weighted by Crippen LogP contribution is -2.43. The summed E-state index contributed by atoms with van der Waals surface area (Å²) in [6, 6.07) is 3.91. The first-order valence-electron chi connectivity index (χ1n) is 5.94. The zero-order valence-corrected chi connectivity index (χ0v) is 10.9. The Labute approximate surface area is 119 Å². The van der Waals surface area contributed by atoms with Crippen LogP contribution < -0.4 is 10.1 Å². The van der Waals surface area contributed by atoms with Gasteiger partial charge in [0.05, 0.1) is 4.92 Å². The maximum atomic E-state index is 11.5. The van der Waals surface area contributed by atoms with E-state index < -0.39 is 29.4 Å². The van der Waals surface area contributed by atoms with Gasteiger partial charge in [0.25, 0.3) is 11.6 Å². The molecule has 0 spiro atoms. The zero-order valence-electron chi connectivity index (χ0n) is 10.9. The van der Waals surface area contributed by atoms with Gasteiger partial charge in [0, 0.05) is 25.2 Å². The van der Waals surface area contributed by atoms with E-state index in [0.717, 1.165) is 0 Å². The fourth-order valence-electron chi connectivity index (χ4n) is 1.44. The average molecular weight is 298 g/mol. The minimum absolute atomic E-state index is 0.110. The third-order valence-electron chi connectivity index (χ3n) is 2.47. The number of aliphatic hydroxyl groups excluding tert-OH is 1. The molecule has 1 atom stereocenters. The summed E-state index contributed by atoms with van der Waals surface area (Å²) < 4.78 is 5.07. The maximum absolute atomic E-state index is 11.5. The van der Waals surface area contributed by atoms with Gasteiger partial charge in [-0.2, -0.15) is 0 Å². The molecule has 9 heteroatoms. The molecular weight excluding hydrogens is 284 g/mol. The van der Waals surface area contributed by atoms with E-state index in [1.54, 1.807) is 0 Å². The summed E-state index contributed by atoms with van der Waals surface area (Å²) in [5.41, 5.74) is -0.110. The van der Waals surface area contributed by atoms with Crippen LogP contribution in [-0.4, -0.2) is 46.3 Å². The van der Waals surface area contributed by atoms with Crippen LogP contribution in [0.15, 0.2) is 24.3 Å². The normalized spacial score (nSPS) is 11.5. The van der Waals surface area contributed by atoms with Crippen molar-refractivity contribution in [3.8, 4) is 5.75 Å². The van der Waals surface area contributed by atoms with Crippen LogP contribution in [0.3, 0.4) is 0 Å². The van der Waals surface area contributed by atoms with E-state index in [4.69, 9.17) is 14.9 Å². The van der Waals surface area contributed by atoms with E-state index in [9.17, 15) is 19.7 Å². The van der Waals surface area contributed by atoms with Crippen molar-refractivity contribution in [3.63, 3.8) is 0 Å². The Morgan fingerprint density at radius 3 is 2.43 bits per heavy atom. The molecule has 0 saturated carbocycles. The third-order valence-corrected chi connectivity index (χ3v) is 2.47. The number of non-ortho nitro benzene ring substituents is 1. The molecule has 1 aromatic rings. The highest BCUT2D eigenvalue weighted by Crippen LogP contribution is 2.17. The number of amides is 1. The summed E-state index contributed by atoms with van der Waals surface area (Å²) in [5, 5.41) is 30.1. The molecule has 0 aromatic heterocycles. The monoisotopic (exact) mass is 298 g/mol. The van der Waals surface area contributed by atoms with Crippen molar-refractivity contribution in [3.05, 3.63) is 34.4 Å². The number of nitro groups is 1. The van der Waals surface area contributed by atoms with E-state index in [1.165, 1.54) is 24.3 Å². The van der Waals surface area contributed by atoms with Crippen LogP contribution in [0.1, 0.15) is 6.42 Å². The Morgan fingerprint density at radius 1 is 1.33 bits per heavy atom. The highest BCUT2D eigenvalue weighted by molar-refractivity contribution is 5.84. The number of nitrogens with zero attached hydrogens (tertiary/aromatic N) is 1. The summed E-state index contributed by atoms with van der Waals surface area (Å²) in [4.78, 5) is 32.1. The second kappa shape index (κ2) is 7.80. The van der Waals surface area contributed by atoms with Gasteiger partial charge in [-0.05, 0) is 12.1 Å². The highest BCUT2D eigenvalue weighted by Gasteiger charge is 2.19. The predicted octanol–water partition coefficient (Wildman–Crippen LogP) is -0.0746. The number of benzene rings is 1. The minimum Gasteiger partial charge on any atom is -0.484 e. The van der Waals surface area contributed by atoms with Crippen LogP contribution in [0.5, 0.6) is 5.75 Å². The number of nitrogens with one attached hydrogen (secondary N) is 1. The summed E-state index contributed by atoms with van der Waals surface area (Å²) in [6.07, 6.45) is -0.112. The molecule has 1 rings (SSSR count). The molecule has 0 aliphatic heterocycles. The molecule has 0 bridgehead atoms. The van der Waals surface area contributed by atoms with Crippen molar-refractivity contribution < 1.29 is 29.5 Å². The van der Waals surface area contributed by atoms with E-state index >= 15 is 0 Å². The predicted molar refractivity (Wildman–Crippen MR) is 69.9 cm³/mol. The van der Waals surface area contributed by atoms with Crippen molar-refractivity contribution >= 4 is 17.6 Å². The number of carboxylic acids is 1. The van der Waals surface area contributed by atoms with Gasteiger partial charge in [0.1, 0.15) is 11.8 Å². The van der Waals surface area contributed by atoms with Crippen LogP contribution in [0, 0.1) is 10.1 Å². The summed E-state index contributed by atoms with van der Waals surface area (Å²) in [5.74, 6) is -1.69. The Kier molecular flexibility index (Phi) is 6.08. The summed E-state index contributed by atoms with van der Waals surface area (Å²) >= 11 is 0. The van der Waals surface area contributed by atoms with Gasteiger partial charge in [-0.15, -0.1) is 0 Å². The Hall–Kier alpha value is -2.68. The van der Waals surface area contributed by atoms with Crippen LogP contribution in [0.4, 0.5) is 5.69 Å². The molecule has 21 heavy (non-hydrogen) atoms. The molecule has 1 aromatic carbocycles. The van der Waals surface area contributed by atoms with E-state index in [1.807, 2.05) is 0 Å². The van der Waals surface area contributed by atoms with Crippen molar-refractivity contribution in [2.24, 2.45) is 0 Å². The van der Waals surface area contributed by atoms with Gasteiger partial charge in [0.2, 0.25) is 0 Å². The largest absolute Gasteiger partial charge is 0.484 e. The Balaban J connectivity index is 2.48. The summed E-state index contributed by atoms with van der Waals surface area (Å²) in [6.45, 7) is -0.812. The Bertz CT molecular complexity index is 515. The minimum atomic E-state index is -1.26. The fourth-order valence-corrected chi connectivity index (χ4v) is 1.44. The molecule has 3 N–H and O–H groups in total. The molecule has 114 valence electrons. The molecule has 0 saturated heterocycles. The molecule has 9 nitrogen and oxygen atoms in total. The average Bonchev–Trinajstić information content (AvgIpc) is 2.45. The highest BCUT2D eigenvalue weighted by atomic mass is 16.6. The molecule has 0 aliphatic rings. The number of carbonyl (C=O) groups excluding carboxylic acids is 1. The number of carboxylic acid groups (broad SMARTS) is 1. The first-order chi connectivity index (χ1) is 9.93. The van der Waals surface area contributed by atoms with Gasteiger partial charge in [-0.25, -0.2) is 4.79 Å². The van der Waals surface area contributed by atoms with Gasteiger partial charge in [-0.3, -0.25) is 14.9 Å². The topological polar surface area (TPSA) is 139 Å². The van der Waals surface area contributed by atoms with E-state index in [0.29, 0.717) is 0 Å². The van der Waals surface area contributed by atoms with Gasteiger partial charge >= 0.3 is 5.97 Å². The van der Waals surface area contributed by atoms with E-state index in [-0.39, 0.29) is 24.5 Å². The van der Waals surface area contributed by atoms with Crippen LogP contribution >= 0.6 is 0 Å². The fraction of sp³-hybridized carbons (Fsp3) is 0.333. The SMILES string of the molecule is O=C(COc1ccc([N+](=O)[O-])cc1)N[C@H](CCO)C(=O)O. The quantitative estimate of drug-likeness (QED) is 0.450. The van der Waals surface area contributed by atoms with Crippen LogP contribution in [0.25, 0.3) is 0 Å². The molecule has 0 unspecified atom stereocenters. The number of hydrogen-bond donors (Lipinski definition) is 3. The number of carbonyl (C=O) groups is 2. The number of rotatable bonds is 8. The van der Waals surface area contributed by atoms with Crippen molar-refractivity contribution in [1.82, 2.24) is 5.32 Å². The lowest BCUT2D eigenvalue weighted by atomic mass is 10.2. The standard InChI is InChI=1S/C12H14N2O7/c15-6-5-10(12(17)18)13-11(16)7-21-9-3-1-8(2-4-9)14(19)20/h1-4,10,15H,5-7H2,(H,13,16)(H,17,18)/t10-/m1/s1. The number of ether oxygens (including phenoxy) is 1. The molecule has 1 amide bonds. The molecule has 0 radical (unpaired) electrons. The lowest BCUT2D eigenvalue weighted by molar-refractivity contribution is -0.384. The van der Waals surface area contributed by atoms with Crippen molar-refractivity contribution in [2.75, 3.05) is 13.2 Å². The van der Waals surface area contributed by atoms with Gasteiger partial charge in [-0.1, -0.05) is 0 Å². The smallest absolute Gasteiger partial charge is 0.326 e. The number of aliphatic carboxylic acids is 1. The second-order valence-corrected chi connectivity index (χ2v) is 4.01. The zero-order chi connectivity index (χ0) is 15.8. The Morgan fingerprint density at radius 2 is 1.95 bits per heavy atom. The molecular formula is C12H14N2O7. The van der Waals surface area contributed by atoms with Crippen molar-refractivity contribution in [2.45, 2.75) is 12.5 Å². The van der Waals surface area contributed by atoms with Crippen molar-refractivity contribution in [1.29, 1.82) is 0 Å². The lowest BCUT2D eigenvalue weighted by Gasteiger charge is -2.13. The van der Waals surface area contributed by atoms with Gasteiger partial charge < -0.3 is 20.3 Å². The second-order valence-electron chi connectivity index (χ2n) is 4.01. The number of hydrogen-bond acceptors (Lipinski definition) is 6. The molecule has 0 fully saturated rings. The molecule has 0 aliphatic carbocycles. The first-order valence-corrected chi connectivity index (χ1v) is 5.94. The number of nitro benzene ring substituents is 1. The van der Waals surface area contributed by atoms with E-state index in [2.05, 4.69) is 5.32 Å². The summed E-state index contributed by atoms with van der Waals surface area (Å²) in [7, 11) is 0. The third kappa shape index (κ3) is 5.45. The first kappa shape index (κ1) is 16.4.